The molecule has 0 spiro atoms. The van der Waals surface area contributed by atoms with E-state index < -0.39 is 0 Å². The largest absolute Gasteiger partial charge is 0.238 e. The smallest absolute Gasteiger partial charge is 0.0649 e. The lowest BCUT2D eigenvalue weighted by Crippen LogP contribution is -1.97. The summed E-state index contributed by atoms with van der Waals surface area (Å²) in [6, 6.07) is 10.1. The monoisotopic (exact) mass is 236 g/mol. The van der Waals surface area contributed by atoms with Gasteiger partial charge in [-0.15, -0.1) is 0 Å². The Hall–Kier alpha value is -1.09. The van der Waals surface area contributed by atoms with Crippen molar-refractivity contribution in [2.75, 3.05) is 0 Å². The minimum absolute atomic E-state index is 1.08. The quantitative estimate of drug-likeness (QED) is 0.745. The van der Waals surface area contributed by atoms with E-state index >= 15 is 0 Å². The molecule has 0 radical (unpaired) electrons. The van der Waals surface area contributed by atoms with Crippen LogP contribution < -0.4 is 0 Å². The molecule has 0 saturated heterocycles. The van der Waals surface area contributed by atoms with Gasteiger partial charge in [-0.3, -0.25) is 0 Å². The number of hydrogen-bond acceptors (Lipinski definition) is 1. The summed E-state index contributed by atoms with van der Waals surface area (Å²) in [6.45, 7) is 2.04. The number of aryl methyl sites for hydroxylation is 1. The van der Waals surface area contributed by atoms with Gasteiger partial charge >= 0.3 is 0 Å². The fourth-order valence-corrected chi connectivity index (χ4v) is 1.49. The summed E-state index contributed by atoms with van der Waals surface area (Å²) < 4.78 is 2.99. The van der Waals surface area contributed by atoms with Gasteiger partial charge in [0, 0.05) is 16.4 Å². The Morgan fingerprint density at radius 2 is 1.85 bits per heavy atom. The Kier molecular flexibility index (Phi) is 2.19. The minimum Gasteiger partial charge on any atom is -0.238 e. The molecule has 2 nitrogen and oxygen atoms in total. The molecule has 13 heavy (non-hydrogen) atoms. The molecule has 66 valence electrons. The number of nitrogens with zero attached hydrogens (tertiary/aromatic N) is 2. The van der Waals surface area contributed by atoms with E-state index in [4.69, 9.17) is 0 Å². The Morgan fingerprint density at radius 3 is 2.38 bits per heavy atom. The van der Waals surface area contributed by atoms with Crippen molar-refractivity contribution < 1.29 is 0 Å². The molecule has 0 aliphatic carbocycles. The van der Waals surface area contributed by atoms with Crippen LogP contribution in [0.1, 0.15) is 5.69 Å². The average molecular weight is 237 g/mol. The number of aromatic nitrogens is 2. The van der Waals surface area contributed by atoms with Crippen LogP contribution in [0.5, 0.6) is 0 Å². The lowest BCUT2D eigenvalue weighted by molar-refractivity contribution is 0.847. The van der Waals surface area contributed by atoms with Crippen molar-refractivity contribution in [3.05, 3.63) is 46.7 Å². The number of rotatable bonds is 1. The standard InChI is InChI=1S/C10H9BrN2/c1-8-6-7-12-13(8)10-4-2-9(11)3-5-10/h2-7H,1H3. The van der Waals surface area contributed by atoms with E-state index in [0.29, 0.717) is 0 Å². The van der Waals surface area contributed by atoms with Crippen molar-refractivity contribution in [2.24, 2.45) is 0 Å². The fraction of sp³-hybridized carbons (Fsp3) is 0.100. The van der Waals surface area contributed by atoms with Crippen LogP contribution in [0.25, 0.3) is 5.69 Å². The van der Waals surface area contributed by atoms with Gasteiger partial charge < -0.3 is 0 Å². The van der Waals surface area contributed by atoms with E-state index in [2.05, 4.69) is 21.0 Å². The van der Waals surface area contributed by atoms with Crippen molar-refractivity contribution in [3.63, 3.8) is 0 Å². The number of hydrogen-bond donors (Lipinski definition) is 0. The zero-order valence-electron chi connectivity index (χ0n) is 7.24. The molecule has 1 heterocycles. The number of halogens is 1. The summed E-state index contributed by atoms with van der Waals surface area (Å²) in [4.78, 5) is 0. The van der Waals surface area contributed by atoms with Gasteiger partial charge in [-0.1, -0.05) is 15.9 Å². The lowest BCUT2D eigenvalue weighted by Gasteiger charge is -2.03. The summed E-state index contributed by atoms with van der Waals surface area (Å²) in [7, 11) is 0. The van der Waals surface area contributed by atoms with Gasteiger partial charge in [-0.05, 0) is 37.3 Å². The first-order chi connectivity index (χ1) is 6.27. The summed E-state index contributed by atoms with van der Waals surface area (Å²) in [5.74, 6) is 0. The van der Waals surface area contributed by atoms with Crippen molar-refractivity contribution in [1.82, 2.24) is 9.78 Å². The van der Waals surface area contributed by atoms with Gasteiger partial charge in [0.25, 0.3) is 0 Å². The first-order valence-corrected chi connectivity index (χ1v) is 4.83. The summed E-state index contributed by atoms with van der Waals surface area (Å²) in [5, 5.41) is 4.22. The maximum absolute atomic E-state index is 4.22. The zero-order chi connectivity index (χ0) is 9.26. The zero-order valence-corrected chi connectivity index (χ0v) is 8.82. The van der Waals surface area contributed by atoms with Crippen LogP contribution in [-0.2, 0) is 0 Å². The Labute approximate surface area is 85.3 Å². The Morgan fingerprint density at radius 1 is 1.15 bits per heavy atom. The summed E-state index contributed by atoms with van der Waals surface area (Å²) in [6.07, 6.45) is 1.80. The molecule has 2 aromatic rings. The second-order valence-electron chi connectivity index (χ2n) is 2.86. The lowest BCUT2D eigenvalue weighted by atomic mass is 10.3. The van der Waals surface area contributed by atoms with Gasteiger partial charge in [-0.25, -0.2) is 4.68 Å². The third-order valence-corrected chi connectivity index (χ3v) is 2.43. The summed E-state index contributed by atoms with van der Waals surface area (Å²) in [5.41, 5.74) is 2.23. The first kappa shape index (κ1) is 8.51. The molecule has 0 aliphatic rings. The van der Waals surface area contributed by atoms with Crippen LogP contribution in [0, 0.1) is 6.92 Å². The highest BCUT2D eigenvalue weighted by Gasteiger charge is 1.98. The van der Waals surface area contributed by atoms with Crippen LogP contribution in [-0.4, -0.2) is 9.78 Å². The van der Waals surface area contributed by atoms with E-state index in [1.165, 1.54) is 0 Å². The number of benzene rings is 1. The highest BCUT2D eigenvalue weighted by Crippen LogP contribution is 2.14. The molecule has 0 N–H and O–H groups in total. The molecular weight excluding hydrogens is 228 g/mol. The molecule has 0 saturated carbocycles. The molecule has 0 aliphatic heterocycles. The van der Waals surface area contributed by atoms with Crippen LogP contribution in [0.4, 0.5) is 0 Å². The van der Waals surface area contributed by atoms with Gasteiger partial charge in [0.05, 0.1) is 5.69 Å². The van der Waals surface area contributed by atoms with Crippen molar-refractivity contribution >= 4 is 15.9 Å². The molecule has 0 fully saturated rings. The third-order valence-electron chi connectivity index (χ3n) is 1.90. The second kappa shape index (κ2) is 3.34. The normalized spacial score (nSPS) is 10.3. The maximum atomic E-state index is 4.22. The third kappa shape index (κ3) is 1.65. The molecule has 0 unspecified atom stereocenters. The second-order valence-corrected chi connectivity index (χ2v) is 3.78. The Bertz CT molecular complexity index is 403. The van der Waals surface area contributed by atoms with Crippen molar-refractivity contribution in [1.29, 1.82) is 0 Å². The highest BCUT2D eigenvalue weighted by atomic mass is 79.9. The highest BCUT2D eigenvalue weighted by molar-refractivity contribution is 9.10. The average Bonchev–Trinajstić information content (AvgIpc) is 2.53. The fourth-order valence-electron chi connectivity index (χ4n) is 1.22. The van der Waals surface area contributed by atoms with Crippen molar-refractivity contribution in [2.45, 2.75) is 6.92 Å². The minimum atomic E-state index is 1.08. The van der Waals surface area contributed by atoms with E-state index in [0.717, 1.165) is 15.9 Å². The molecular formula is C10H9BrN2. The molecule has 1 aromatic carbocycles. The van der Waals surface area contributed by atoms with E-state index in [-0.39, 0.29) is 0 Å². The van der Waals surface area contributed by atoms with Crippen molar-refractivity contribution in [3.8, 4) is 5.69 Å². The molecule has 2 rings (SSSR count). The van der Waals surface area contributed by atoms with E-state index in [1.54, 1.807) is 6.20 Å². The predicted octanol–water partition coefficient (Wildman–Crippen LogP) is 2.94. The first-order valence-electron chi connectivity index (χ1n) is 4.04. The SMILES string of the molecule is Cc1ccnn1-c1ccc(Br)cc1. The Balaban J connectivity index is 2.47. The summed E-state index contributed by atoms with van der Waals surface area (Å²) >= 11 is 3.40. The molecule has 3 heteroatoms. The molecule has 0 amide bonds. The van der Waals surface area contributed by atoms with Gasteiger partial charge in [0.15, 0.2) is 0 Å². The molecule has 0 atom stereocenters. The maximum Gasteiger partial charge on any atom is 0.0649 e. The molecule has 0 bridgehead atoms. The van der Waals surface area contributed by atoms with Crippen LogP contribution in [0.2, 0.25) is 0 Å². The van der Waals surface area contributed by atoms with Gasteiger partial charge in [-0.2, -0.15) is 5.10 Å². The van der Waals surface area contributed by atoms with E-state index in [9.17, 15) is 0 Å². The predicted molar refractivity (Wildman–Crippen MR) is 56.0 cm³/mol. The van der Waals surface area contributed by atoms with Crippen LogP contribution >= 0.6 is 15.9 Å². The van der Waals surface area contributed by atoms with Gasteiger partial charge in [0.2, 0.25) is 0 Å². The molecule has 1 aromatic heterocycles. The topological polar surface area (TPSA) is 17.8 Å². The van der Waals surface area contributed by atoms with E-state index in [1.807, 2.05) is 41.9 Å². The van der Waals surface area contributed by atoms with Crippen LogP contribution in [0.15, 0.2) is 41.0 Å². The van der Waals surface area contributed by atoms with Crippen LogP contribution in [0.3, 0.4) is 0 Å². The van der Waals surface area contributed by atoms with Gasteiger partial charge in [0.1, 0.15) is 0 Å².